The fourth-order valence-electron chi connectivity index (χ4n) is 2.52. The Morgan fingerprint density at radius 3 is 2.91 bits per heavy atom. The number of nitrogens with one attached hydrogen (secondary N) is 1. The molecule has 3 rings (SSSR count). The van der Waals surface area contributed by atoms with Crippen LogP contribution >= 0.6 is 0 Å². The van der Waals surface area contributed by atoms with Gasteiger partial charge in [0.25, 0.3) is 0 Å². The molecule has 22 heavy (non-hydrogen) atoms. The van der Waals surface area contributed by atoms with E-state index in [-0.39, 0.29) is 18.9 Å². The van der Waals surface area contributed by atoms with Crippen LogP contribution in [0.4, 0.5) is 9.57 Å². The van der Waals surface area contributed by atoms with Crippen LogP contribution in [0.2, 0.25) is 0 Å². The smallest absolute Gasteiger partial charge is 0.302 e. The van der Waals surface area contributed by atoms with E-state index >= 15 is 0 Å². The van der Waals surface area contributed by atoms with Gasteiger partial charge in [-0.05, 0) is 17.3 Å². The third-order valence-corrected chi connectivity index (χ3v) is 4.27. The second-order valence-corrected chi connectivity index (χ2v) is 6.48. The Bertz CT molecular complexity index is 793. The van der Waals surface area contributed by atoms with Crippen LogP contribution in [-0.4, -0.2) is 47.2 Å². The number of halogens is 1. The van der Waals surface area contributed by atoms with Crippen molar-refractivity contribution in [1.29, 1.82) is 0 Å². The van der Waals surface area contributed by atoms with Crippen LogP contribution in [0.3, 0.4) is 0 Å². The molecule has 10 heteroatoms. The highest BCUT2D eigenvalue weighted by atomic mass is 32.3. The van der Waals surface area contributed by atoms with Crippen LogP contribution < -0.4 is 4.90 Å². The van der Waals surface area contributed by atoms with E-state index in [4.69, 9.17) is 0 Å². The minimum Gasteiger partial charge on any atom is -0.312 e. The number of carbonyl (C=O) groups excluding carboxylic acids is 1. The highest BCUT2D eigenvalue weighted by Crippen LogP contribution is 2.28. The van der Waals surface area contributed by atoms with Gasteiger partial charge in [0.2, 0.25) is 11.7 Å². The molecule has 1 unspecified atom stereocenters. The maximum Gasteiger partial charge on any atom is 0.302 e. The lowest BCUT2D eigenvalue weighted by Gasteiger charge is -2.17. The van der Waals surface area contributed by atoms with Gasteiger partial charge in [-0.2, -0.15) is 13.6 Å². The topological polar surface area (TPSA) is 109 Å². The molecule has 1 atom stereocenters. The Balaban J connectivity index is 1.83. The second kappa shape index (κ2) is 5.44. The first-order valence-corrected chi connectivity index (χ1v) is 8.04. The largest absolute Gasteiger partial charge is 0.312 e. The Labute approximate surface area is 125 Å². The molecule has 0 aliphatic carbocycles. The molecule has 1 fully saturated rings. The zero-order chi connectivity index (χ0) is 15.7. The van der Waals surface area contributed by atoms with Crippen molar-refractivity contribution in [3.63, 3.8) is 0 Å². The van der Waals surface area contributed by atoms with Gasteiger partial charge in [0.15, 0.2) is 0 Å². The standard InChI is InChI=1S/C12H12FN5O3S/c13-22(20,21)7-8-4-11(19)18(6-8)10-3-1-2-9(5-10)12-14-16-17-15-12/h1-3,5,8H,4,6-7H2,(H,14,15,16,17). The van der Waals surface area contributed by atoms with Crippen molar-refractivity contribution in [2.45, 2.75) is 6.42 Å². The summed E-state index contributed by atoms with van der Waals surface area (Å²) in [5, 5.41) is 13.5. The summed E-state index contributed by atoms with van der Waals surface area (Å²) in [6.45, 7) is 0.164. The predicted molar refractivity (Wildman–Crippen MR) is 75.0 cm³/mol. The number of rotatable bonds is 4. The zero-order valence-corrected chi connectivity index (χ0v) is 12.1. The number of aromatic nitrogens is 4. The number of hydrogen-bond donors (Lipinski definition) is 1. The van der Waals surface area contributed by atoms with Crippen molar-refractivity contribution >= 4 is 21.8 Å². The molecule has 1 aliphatic heterocycles. The molecule has 8 nitrogen and oxygen atoms in total. The number of anilines is 1. The minimum atomic E-state index is -4.59. The molecule has 0 radical (unpaired) electrons. The van der Waals surface area contributed by atoms with E-state index in [1.54, 1.807) is 24.3 Å². The molecule has 0 saturated carbocycles. The first kappa shape index (κ1) is 14.6. The lowest BCUT2D eigenvalue weighted by atomic mass is 10.1. The normalized spacial score (nSPS) is 18.9. The number of amides is 1. The summed E-state index contributed by atoms with van der Waals surface area (Å²) in [5.74, 6) is -1.04. The van der Waals surface area contributed by atoms with Gasteiger partial charge in [0.05, 0.1) is 5.75 Å². The highest BCUT2D eigenvalue weighted by molar-refractivity contribution is 7.86. The highest BCUT2D eigenvalue weighted by Gasteiger charge is 2.33. The SMILES string of the molecule is O=C1CC(CS(=O)(=O)F)CN1c1cccc(-c2nn[nH]n2)c1. The number of hydrogen-bond acceptors (Lipinski definition) is 6. The summed E-state index contributed by atoms with van der Waals surface area (Å²) < 4.78 is 34.2. The fraction of sp³-hybridized carbons (Fsp3) is 0.333. The number of aromatic amines is 1. The summed E-state index contributed by atoms with van der Waals surface area (Å²) in [4.78, 5) is 13.5. The molecule has 0 bridgehead atoms. The van der Waals surface area contributed by atoms with Gasteiger partial charge >= 0.3 is 10.2 Å². The molecular weight excluding hydrogens is 313 g/mol. The summed E-state index contributed by atoms with van der Waals surface area (Å²) >= 11 is 0. The Morgan fingerprint density at radius 1 is 1.41 bits per heavy atom. The van der Waals surface area contributed by atoms with Gasteiger partial charge in [-0.25, -0.2) is 0 Å². The van der Waals surface area contributed by atoms with Crippen LogP contribution in [-0.2, 0) is 15.0 Å². The van der Waals surface area contributed by atoms with E-state index in [1.807, 2.05) is 0 Å². The van der Waals surface area contributed by atoms with E-state index in [2.05, 4.69) is 20.6 Å². The number of nitrogens with zero attached hydrogens (tertiary/aromatic N) is 4. The summed E-state index contributed by atoms with van der Waals surface area (Å²) in [6, 6.07) is 6.91. The van der Waals surface area contributed by atoms with Crippen molar-refractivity contribution in [2.75, 3.05) is 17.2 Å². The summed E-state index contributed by atoms with van der Waals surface area (Å²) in [5.41, 5.74) is 1.26. The molecule has 1 saturated heterocycles. The van der Waals surface area contributed by atoms with Gasteiger partial charge in [-0.15, -0.1) is 14.1 Å². The van der Waals surface area contributed by atoms with E-state index in [0.29, 0.717) is 17.1 Å². The van der Waals surface area contributed by atoms with Crippen molar-refractivity contribution in [3.8, 4) is 11.4 Å². The van der Waals surface area contributed by atoms with E-state index in [1.165, 1.54) is 4.90 Å². The van der Waals surface area contributed by atoms with Crippen LogP contribution in [0.5, 0.6) is 0 Å². The van der Waals surface area contributed by atoms with Crippen molar-refractivity contribution in [3.05, 3.63) is 24.3 Å². The fourth-order valence-corrected chi connectivity index (χ4v) is 3.31. The van der Waals surface area contributed by atoms with E-state index in [0.717, 1.165) is 0 Å². The summed E-state index contributed by atoms with van der Waals surface area (Å²) in [7, 11) is -4.59. The van der Waals surface area contributed by atoms with Gasteiger partial charge in [0.1, 0.15) is 0 Å². The Morgan fingerprint density at radius 2 is 2.23 bits per heavy atom. The van der Waals surface area contributed by atoms with Gasteiger partial charge in [-0.1, -0.05) is 12.1 Å². The quantitative estimate of drug-likeness (QED) is 0.821. The van der Waals surface area contributed by atoms with E-state index < -0.39 is 21.9 Å². The van der Waals surface area contributed by atoms with Gasteiger partial charge in [0, 0.05) is 30.1 Å². The van der Waals surface area contributed by atoms with Crippen molar-refractivity contribution in [1.82, 2.24) is 20.6 Å². The number of carbonyl (C=O) groups is 1. The van der Waals surface area contributed by atoms with Crippen LogP contribution in [0, 0.1) is 5.92 Å². The molecule has 1 aromatic carbocycles. The first-order chi connectivity index (χ1) is 10.4. The maximum atomic E-state index is 12.8. The predicted octanol–water partition coefficient (Wildman–Crippen LogP) is 0.519. The molecule has 116 valence electrons. The molecule has 1 amide bonds. The van der Waals surface area contributed by atoms with Gasteiger partial charge in [-0.3, -0.25) is 4.79 Å². The number of benzene rings is 1. The Kier molecular flexibility index (Phi) is 3.61. The van der Waals surface area contributed by atoms with Crippen molar-refractivity contribution < 1.29 is 17.1 Å². The molecule has 1 aliphatic rings. The number of H-pyrrole nitrogens is 1. The van der Waals surface area contributed by atoms with Crippen LogP contribution in [0.1, 0.15) is 6.42 Å². The average molecular weight is 325 g/mol. The monoisotopic (exact) mass is 325 g/mol. The lowest BCUT2D eigenvalue weighted by Crippen LogP contribution is -2.25. The van der Waals surface area contributed by atoms with Crippen LogP contribution in [0.15, 0.2) is 24.3 Å². The molecule has 0 spiro atoms. The van der Waals surface area contributed by atoms with E-state index in [9.17, 15) is 17.1 Å². The minimum absolute atomic E-state index is 0.00951. The third-order valence-electron chi connectivity index (χ3n) is 3.40. The molecule has 2 aromatic rings. The molecule has 2 heterocycles. The second-order valence-electron chi connectivity index (χ2n) is 5.07. The Hall–Kier alpha value is -2.36. The molecular formula is C12H12FN5O3S. The van der Waals surface area contributed by atoms with Crippen LogP contribution in [0.25, 0.3) is 11.4 Å². The lowest BCUT2D eigenvalue weighted by molar-refractivity contribution is -0.117. The molecule has 1 N–H and O–H groups in total. The zero-order valence-electron chi connectivity index (χ0n) is 11.3. The summed E-state index contributed by atoms with van der Waals surface area (Å²) in [6.07, 6.45) is 0.00951. The number of tetrazole rings is 1. The first-order valence-electron chi connectivity index (χ1n) is 6.49. The maximum absolute atomic E-state index is 12.8. The van der Waals surface area contributed by atoms with Crippen molar-refractivity contribution in [2.24, 2.45) is 5.92 Å². The third kappa shape index (κ3) is 3.11. The molecule has 1 aromatic heterocycles. The average Bonchev–Trinajstić information content (AvgIpc) is 3.07. The van der Waals surface area contributed by atoms with Gasteiger partial charge < -0.3 is 4.90 Å².